The molecule has 4 N–H and O–H groups in total. The number of sulfonamides is 1. The van der Waals surface area contributed by atoms with Gasteiger partial charge < -0.3 is 10.8 Å². The van der Waals surface area contributed by atoms with Crippen LogP contribution >= 0.6 is 0 Å². The number of rotatable bonds is 5. The molecule has 8 heteroatoms. The van der Waals surface area contributed by atoms with Crippen LogP contribution in [0.25, 0.3) is 0 Å². The van der Waals surface area contributed by atoms with Gasteiger partial charge in [-0.15, -0.1) is 0 Å². The summed E-state index contributed by atoms with van der Waals surface area (Å²) in [5.74, 6) is -0.0400. The van der Waals surface area contributed by atoms with Gasteiger partial charge >= 0.3 is 0 Å². The van der Waals surface area contributed by atoms with Crippen LogP contribution in [0.15, 0.2) is 11.1 Å². The van der Waals surface area contributed by atoms with Crippen molar-refractivity contribution >= 4 is 15.8 Å². The van der Waals surface area contributed by atoms with Crippen LogP contribution in [0.3, 0.4) is 0 Å². The average molecular weight is 262 g/mol. The number of nitrogen functional groups attached to an aromatic ring is 1. The third kappa shape index (κ3) is 3.42. The first-order valence-electron chi connectivity index (χ1n) is 5.07. The molecule has 0 aromatic carbocycles. The third-order valence-electron chi connectivity index (χ3n) is 2.28. The maximum Gasteiger partial charge on any atom is 0.245 e. The third-order valence-corrected chi connectivity index (χ3v) is 3.70. The molecule has 0 atom stereocenters. The molecule has 0 aliphatic rings. The van der Waals surface area contributed by atoms with E-state index in [-0.39, 0.29) is 23.9 Å². The lowest BCUT2D eigenvalue weighted by atomic mass is 9.96. The van der Waals surface area contributed by atoms with E-state index >= 15 is 0 Å². The highest BCUT2D eigenvalue weighted by atomic mass is 32.2. The molecule has 0 saturated carbocycles. The highest BCUT2D eigenvalue weighted by molar-refractivity contribution is 7.89. The second-order valence-corrected chi connectivity index (χ2v) is 6.43. The fourth-order valence-corrected chi connectivity index (χ4v) is 2.46. The molecule has 0 amide bonds. The van der Waals surface area contributed by atoms with Gasteiger partial charge in [0, 0.05) is 31.8 Å². The van der Waals surface area contributed by atoms with Crippen molar-refractivity contribution in [2.75, 3.05) is 18.9 Å². The smallest absolute Gasteiger partial charge is 0.245 e. The number of aliphatic hydroxyl groups is 1. The maximum atomic E-state index is 11.9. The molecule has 7 nitrogen and oxygen atoms in total. The largest absolute Gasteiger partial charge is 0.396 e. The van der Waals surface area contributed by atoms with Gasteiger partial charge in [0.1, 0.15) is 4.90 Å². The van der Waals surface area contributed by atoms with Crippen LogP contribution in [0, 0.1) is 5.41 Å². The molecular formula is C9H18N4O3S. The molecular weight excluding hydrogens is 244 g/mol. The van der Waals surface area contributed by atoms with Crippen molar-refractivity contribution < 1.29 is 13.5 Å². The van der Waals surface area contributed by atoms with Gasteiger partial charge in [-0.1, -0.05) is 13.8 Å². The molecule has 1 heterocycles. The Balaban J connectivity index is 2.87. The summed E-state index contributed by atoms with van der Waals surface area (Å²) in [6.07, 6.45) is 1.34. The van der Waals surface area contributed by atoms with Gasteiger partial charge in [0.05, 0.1) is 0 Å². The predicted octanol–water partition coefficient (Wildman–Crippen LogP) is -0.701. The van der Waals surface area contributed by atoms with Crippen molar-refractivity contribution in [3.05, 3.63) is 6.20 Å². The molecule has 0 bridgehead atoms. The molecule has 98 valence electrons. The van der Waals surface area contributed by atoms with E-state index in [9.17, 15) is 8.42 Å². The Morgan fingerprint density at radius 1 is 1.59 bits per heavy atom. The lowest BCUT2D eigenvalue weighted by Gasteiger charge is -2.21. The standard InChI is InChI=1S/C9H18N4O3S/c1-9(2,6-14)5-11-17(15,16)7-4-13(3)12-8(7)10/h4,11,14H,5-6H2,1-3H3,(H2,10,12). The van der Waals surface area contributed by atoms with Crippen molar-refractivity contribution in [1.29, 1.82) is 0 Å². The minimum absolute atomic E-state index is 0.0400. The highest BCUT2D eigenvalue weighted by Gasteiger charge is 2.24. The fourth-order valence-electron chi connectivity index (χ4n) is 1.11. The number of nitrogens with zero attached hydrogens (tertiary/aromatic N) is 2. The molecule has 0 aliphatic carbocycles. The summed E-state index contributed by atoms with van der Waals surface area (Å²) in [5, 5.41) is 12.8. The second kappa shape index (κ2) is 4.63. The van der Waals surface area contributed by atoms with Gasteiger partial charge in [-0.2, -0.15) is 5.10 Å². The summed E-state index contributed by atoms with van der Waals surface area (Å²) in [4.78, 5) is -0.0475. The van der Waals surface area contributed by atoms with Crippen molar-refractivity contribution in [2.24, 2.45) is 12.5 Å². The van der Waals surface area contributed by atoms with E-state index in [4.69, 9.17) is 10.8 Å². The van der Waals surface area contributed by atoms with E-state index < -0.39 is 15.4 Å². The Hall–Kier alpha value is -1.12. The number of nitrogens with one attached hydrogen (secondary N) is 1. The van der Waals surface area contributed by atoms with Crippen LogP contribution in [-0.4, -0.2) is 36.5 Å². The summed E-state index contributed by atoms with van der Waals surface area (Å²) >= 11 is 0. The molecule has 1 aromatic heterocycles. The summed E-state index contributed by atoms with van der Waals surface area (Å²) < 4.78 is 27.5. The van der Waals surface area contributed by atoms with Gasteiger partial charge in [-0.25, -0.2) is 13.1 Å². The zero-order valence-electron chi connectivity index (χ0n) is 10.1. The van der Waals surface area contributed by atoms with Crippen LogP contribution in [-0.2, 0) is 17.1 Å². The van der Waals surface area contributed by atoms with Crippen LogP contribution in [0.2, 0.25) is 0 Å². The summed E-state index contributed by atoms with van der Waals surface area (Å²) in [5.41, 5.74) is 4.98. The van der Waals surface area contributed by atoms with E-state index in [1.165, 1.54) is 10.9 Å². The van der Waals surface area contributed by atoms with Crippen LogP contribution < -0.4 is 10.5 Å². The van der Waals surface area contributed by atoms with Gasteiger partial charge in [-0.3, -0.25) is 4.68 Å². The van der Waals surface area contributed by atoms with Gasteiger partial charge in [-0.05, 0) is 0 Å². The molecule has 1 aromatic rings. The van der Waals surface area contributed by atoms with Gasteiger partial charge in [0.15, 0.2) is 5.82 Å². The Bertz CT molecular complexity index is 492. The normalized spacial score (nSPS) is 12.9. The highest BCUT2D eigenvalue weighted by Crippen LogP contribution is 2.17. The molecule has 0 saturated heterocycles. The van der Waals surface area contributed by atoms with E-state index in [0.29, 0.717) is 0 Å². The van der Waals surface area contributed by atoms with Crippen LogP contribution in [0.4, 0.5) is 5.82 Å². The number of aliphatic hydroxyl groups excluding tert-OH is 1. The fraction of sp³-hybridized carbons (Fsp3) is 0.667. The predicted molar refractivity (Wildman–Crippen MR) is 63.7 cm³/mol. The molecule has 0 fully saturated rings. The van der Waals surface area contributed by atoms with Gasteiger partial charge in [0.25, 0.3) is 0 Å². The Morgan fingerprint density at radius 3 is 2.59 bits per heavy atom. The average Bonchev–Trinajstić information content (AvgIpc) is 2.56. The molecule has 0 aliphatic heterocycles. The summed E-state index contributed by atoms with van der Waals surface area (Å²) in [7, 11) is -2.09. The number of nitrogens with two attached hydrogens (primary N) is 1. The van der Waals surface area contributed by atoms with Crippen molar-refractivity contribution in [3.8, 4) is 0 Å². The topological polar surface area (TPSA) is 110 Å². The monoisotopic (exact) mass is 262 g/mol. The van der Waals surface area contributed by atoms with E-state index in [1.807, 2.05) is 0 Å². The minimum atomic E-state index is -3.68. The molecule has 17 heavy (non-hydrogen) atoms. The second-order valence-electron chi connectivity index (χ2n) is 4.70. The Morgan fingerprint density at radius 2 is 2.18 bits per heavy atom. The van der Waals surface area contributed by atoms with Gasteiger partial charge in [0.2, 0.25) is 10.0 Å². The van der Waals surface area contributed by atoms with Crippen molar-refractivity contribution in [1.82, 2.24) is 14.5 Å². The SMILES string of the molecule is Cn1cc(S(=O)(=O)NCC(C)(C)CO)c(N)n1. The van der Waals surface area contributed by atoms with E-state index in [1.54, 1.807) is 20.9 Å². The Kier molecular flexibility index (Phi) is 3.80. The Labute approximate surface area is 101 Å². The molecule has 0 radical (unpaired) electrons. The van der Waals surface area contributed by atoms with E-state index in [0.717, 1.165) is 0 Å². The minimum Gasteiger partial charge on any atom is -0.396 e. The zero-order valence-corrected chi connectivity index (χ0v) is 11.0. The number of anilines is 1. The molecule has 0 unspecified atom stereocenters. The summed E-state index contributed by atoms with van der Waals surface area (Å²) in [6.45, 7) is 3.52. The van der Waals surface area contributed by atoms with Crippen LogP contribution in [0.5, 0.6) is 0 Å². The zero-order chi connectivity index (χ0) is 13.3. The first-order valence-corrected chi connectivity index (χ1v) is 6.56. The van der Waals surface area contributed by atoms with E-state index in [2.05, 4.69) is 9.82 Å². The first kappa shape index (κ1) is 13.9. The lowest BCUT2D eigenvalue weighted by molar-refractivity contribution is 0.163. The quantitative estimate of drug-likeness (QED) is 0.650. The summed E-state index contributed by atoms with van der Waals surface area (Å²) in [6, 6.07) is 0. The maximum absolute atomic E-state index is 11.9. The molecule has 1 rings (SSSR count). The first-order chi connectivity index (χ1) is 7.68. The number of aryl methyl sites for hydroxylation is 1. The lowest BCUT2D eigenvalue weighted by Crippen LogP contribution is -2.36. The molecule has 0 spiro atoms. The number of aromatic nitrogens is 2. The number of hydrogen-bond donors (Lipinski definition) is 3. The van der Waals surface area contributed by atoms with Crippen LogP contribution in [0.1, 0.15) is 13.8 Å². The van der Waals surface area contributed by atoms with Crippen molar-refractivity contribution in [3.63, 3.8) is 0 Å². The van der Waals surface area contributed by atoms with Crippen molar-refractivity contribution in [2.45, 2.75) is 18.7 Å². The number of hydrogen-bond acceptors (Lipinski definition) is 5.